The number of ether oxygens (including phenoxy) is 1. The number of amides is 1. The molecular formula is C21H20N4O2. The molecule has 0 fully saturated rings. The van der Waals surface area contributed by atoms with Crippen LogP contribution in [0, 0.1) is 11.3 Å². The van der Waals surface area contributed by atoms with Gasteiger partial charge >= 0.3 is 0 Å². The van der Waals surface area contributed by atoms with E-state index in [0.29, 0.717) is 24.5 Å². The Morgan fingerprint density at radius 1 is 1.19 bits per heavy atom. The average Bonchev–Trinajstić information content (AvgIpc) is 3.11. The molecule has 1 aromatic heterocycles. The highest BCUT2D eigenvalue weighted by Crippen LogP contribution is 2.16. The maximum absolute atomic E-state index is 12.8. The van der Waals surface area contributed by atoms with Crippen molar-refractivity contribution in [2.45, 2.75) is 13.2 Å². The zero-order chi connectivity index (χ0) is 19.1. The molecule has 0 spiro atoms. The Balaban J connectivity index is 1.66. The minimum absolute atomic E-state index is 0.0329. The Morgan fingerprint density at radius 3 is 2.56 bits per heavy atom. The van der Waals surface area contributed by atoms with Gasteiger partial charge in [0.1, 0.15) is 24.7 Å². The fourth-order valence-electron chi connectivity index (χ4n) is 2.65. The van der Waals surface area contributed by atoms with Crippen molar-refractivity contribution in [1.29, 1.82) is 5.26 Å². The van der Waals surface area contributed by atoms with Gasteiger partial charge in [0.2, 0.25) is 0 Å². The number of imidazole rings is 1. The second-order valence-corrected chi connectivity index (χ2v) is 6.07. The van der Waals surface area contributed by atoms with E-state index in [1.54, 1.807) is 30.5 Å². The van der Waals surface area contributed by atoms with Crippen LogP contribution in [0.1, 0.15) is 21.7 Å². The zero-order valence-corrected chi connectivity index (χ0v) is 15.1. The number of hydrogen-bond acceptors (Lipinski definition) is 4. The van der Waals surface area contributed by atoms with Gasteiger partial charge in [-0.25, -0.2) is 4.98 Å². The molecule has 0 N–H and O–H groups in total. The highest BCUT2D eigenvalue weighted by atomic mass is 16.5. The predicted molar refractivity (Wildman–Crippen MR) is 101 cm³/mol. The normalized spacial score (nSPS) is 10.2. The van der Waals surface area contributed by atoms with Crippen molar-refractivity contribution < 1.29 is 9.53 Å². The van der Waals surface area contributed by atoms with E-state index in [9.17, 15) is 4.79 Å². The molecule has 6 heteroatoms. The second kappa shape index (κ2) is 8.68. The fourth-order valence-corrected chi connectivity index (χ4v) is 2.65. The summed E-state index contributed by atoms with van der Waals surface area (Å²) in [5.41, 5.74) is 1.50. The van der Waals surface area contributed by atoms with E-state index in [4.69, 9.17) is 10.00 Å². The van der Waals surface area contributed by atoms with Gasteiger partial charge in [0.05, 0.1) is 6.07 Å². The molecule has 0 bridgehead atoms. The van der Waals surface area contributed by atoms with E-state index in [1.165, 1.54) is 4.90 Å². The van der Waals surface area contributed by atoms with Gasteiger partial charge in [0, 0.05) is 31.5 Å². The summed E-state index contributed by atoms with van der Waals surface area (Å²) in [6.45, 7) is 0.779. The quantitative estimate of drug-likeness (QED) is 0.607. The Morgan fingerprint density at radius 2 is 1.93 bits per heavy atom. The summed E-state index contributed by atoms with van der Waals surface area (Å²) in [5, 5.41) is 9.07. The summed E-state index contributed by atoms with van der Waals surface area (Å²) < 4.78 is 7.60. The van der Waals surface area contributed by atoms with Crippen molar-refractivity contribution in [3.63, 3.8) is 0 Å². The Bertz CT molecular complexity index is 927. The molecule has 6 nitrogen and oxygen atoms in total. The summed E-state index contributed by atoms with van der Waals surface area (Å²) in [7, 11) is 1.91. The van der Waals surface area contributed by atoms with Crippen LogP contribution in [-0.2, 0) is 20.2 Å². The van der Waals surface area contributed by atoms with Gasteiger partial charge < -0.3 is 14.2 Å². The monoisotopic (exact) mass is 360 g/mol. The van der Waals surface area contributed by atoms with E-state index in [-0.39, 0.29) is 12.5 Å². The Hall–Kier alpha value is -3.59. The van der Waals surface area contributed by atoms with Crippen LogP contribution in [0.3, 0.4) is 0 Å². The number of aromatic nitrogens is 2. The van der Waals surface area contributed by atoms with Crippen LogP contribution >= 0.6 is 0 Å². The summed E-state index contributed by atoms with van der Waals surface area (Å²) in [6.07, 6.45) is 3.58. The first-order chi connectivity index (χ1) is 13.2. The fraction of sp³-hybridized carbons (Fsp3) is 0.190. The van der Waals surface area contributed by atoms with E-state index >= 15 is 0 Å². The number of carbonyl (C=O) groups is 1. The lowest BCUT2D eigenvalue weighted by molar-refractivity contribution is 0.0765. The van der Waals surface area contributed by atoms with Crippen LogP contribution in [0.5, 0.6) is 5.75 Å². The number of benzene rings is 2. The first kappa shape index (κ1) is 18.2. The van der Waals surface area contributed by atoms with Gasteiger partial charge in [-0.05, 0) is 29.8 Å². The van der Waals surface area contributed by atoms with E-state index in [1.807, 2.05) is 48.1 Å². The maximum Gasteiger partial charge on any atom is 0.255 e. The van der Waals surface area contributed by atoms with Crippen molar-refractivity contribution in [2.24, 2.45) is 7.05 Å². The van der Waals surface area contributed by atoms with Gasteiger partial charge in [0.15, 0.2) is 0 Å². The second-order valence-electron chi connectivity index (χ2n) is 6.07. The minimum atomic E-state index is -0.184. The third-order valence-corrected chi connectivity index (χ3v) is 4.16. The van der Waals surface area contributed by atoms with Crippen LogP contribution in [0.4, 0.5) is 0 Å². The molecule has 3 rings (SSSR count). The first-order valence-corrected chi connectivity index (χ1v) is 8.56. The van der Waals surface area contributed by atoms with E-state index < -0.39 is 0 Å². The third-order valence-electron chi connectivity index (χ3n) is 4.16. The van der Waals surface area contributed by atoms with Crippen LogP contribution in [0.15, 0.2) is 67.0 Å². The lowest BCUT2D eigenvalue weighted by Crippen LogP contribution is -2.30. The zero-order valence-electron chi connectivity index (χ0n) is 15.1. The molecule has 0 aliphatic rings. The number of carbonyl (C=O) groups excluding carboxylic acids is 1. The van der Waals surface area contributed by atoms with Crippen molar-refractivity contribution in [2.75, 3.05) is 6.54 Å². The molecule has 0 unspecified atom stereocenters. The smallest absolute Gasteiger partial charge is 0.255 e. The van der Waals surface area contributed by atoms with Crippen molar-refractivity contribution >= 4 is 5.91 Å². The van der Waals surface area contributed by atoms with Crippen LogP contribution < -0.4 is 4.74 Å². The Labute approximate surface area is 158 Å². The van der Waals surface area contributed by atoms with Crippen LogP contribution in [0.25, 0.3) is 0 Å². The number of nitriles is 1. The molecule has 3 aromatic rings. The Kier molecular flexibility index (Phi) is 5.85. The van der Waals surface area contributed by atoms with Crippen molar-refractivity contribution in [1.82, 2.24) is 14.5 Å². The molecule has 136 valence electrons. The van der Waals surface area contributed by atoms with Gasteiger partial charge in [-0.2, -0.15) is 5.26 Å². The number of nitrogens with zero attached hydrogens (tertiary/aromatic N) is 4. The van der Waals surface area contributed by atoms with Gasteiger partial charge in [-0.15, -0.1) is 0 Å². The molecular weight excluding hydrogens is 340 g/mol. The molecule has 0 radical (unpaired) electrons. The molecule has 1 amide bonds. The lowest BCUT2D eigenvalue weighted by atomic mass is 10.1. The van der Waals surface area contributed by atoms with E-state index in [0.717, 1.165) is 11.4 Å². The van der Waals surface area contributed by atoms with Crippen LogP contribution in [-0.4, -0.2) is 26.9 Å². The SMILES string of the molecule is Cn1ccnc1COc1ccc(C(=O)N(CC#N)Cc2ccccc2)cc1. The molecule has 0 aliphatic heterocycles. The lowest BCUT2D eigenvalue weighted by Gasteiger charge is -2.20. The topological polar surface area (TPSA) is 71.2 Å². The summed E-state index contributed by atoms with van der Waals surface area (Å²) in [5.74, 6) is 1.29. The number of hydrogen-bond donors (Lipinski definition) is 0. The predicted octanol–water partition coefficient (Wildman–Crippen LogP) is 3.17. The first-order valence-electron chi connectivity index (χ1n) is 8.56. The van der Waals surface area contributed by atoms with E-state index in [2.05, 4.69) is 11.1 Å². The van der Waals surface area contributed by atoms with Crippen molar-refractivity contribution in [3.8, 4) is 11.8 Å². The summed E-state index contributed by atoms with van der Waals surface area (Å²) in [6, 6.07) is 18.6. The van der Waals surface area contributed by atoms with Gasteiger partial charge in [0.25, 0.3) is 5.91 Å². The average molecular weight is 360 g/mol. The van der Waals surface area contributed by atoms with Crippen LogP contribution in [0.2, 0.25) is 0 Å². The molecule has 2 aromatic carbocycles. The number of rotatable bonds is 7. The minimum Gasteiger partial charge on any atom is -0.486 e. The third kappa shape index (κ3) is 4.73. The molecule has 27 heavy (non-hydrogen) atoms. The highest BCUT2D eigenvalue weighted by molar-refractivity contribution is 5.94. The molecule has 0 saturated heterocycles. The highest BCUT2D eigenvalue weighted by Gasteiger charge is 2.16. The summed E-state index contributed by atoms with van der Waals surface area (Å²) >= 11 is 0. The molecule has 1 heterocycles. The standard InChI is InChI=1S/C21H20N4O2/c1-24-14-12-23-20(24)16-27-19-9-7-18(8-10-19)21(26)25(13-11-22)15-17-5-3-2-4-6-17/h2-10,12,14H,13,15-16H2,1H3. The molecule has 0 aliphatic carbocycles. The largest absolute Gasteiger partial charge is 0.486 e. The molecule has 0 saturated carbocycles. The number of aryl methyl sites for hydroxylation is 1. The maximum atomic E-state index is 12.8. The van der Waals surface area contributed by atoms with Crippen molar-refractivity contribution in [3.05, 3.63) is 83.9 Å². The molecule has 0 atom stereocenters. The van der Waals surface area contributed by atoms with Gasteiger partial charge in [-0.1, -0.05) is 30.3 Å². The van der Waals surface area contributed by atoms with Gasteiger partial charge in [-0.3, -0.25) is 4.79 Å². The summed E-state index contributed by atoms with van der Waals surface area (Å²) in [4.78, 5) is 18.5.